The molecule has 1 aliphatic rings. The van der Waals surface area contributed by atoms with Gasteiger partial charge in [0, 0.05) is 23.3 Å². The van der Waals surface area contributed by atoms with Crippen molar-refractivity contribution in [3.63, 3.8) is 0 Å². The highest BCUT2D eigenvalue weighted by molar-refractivity contribution is 9.10. The molecule has 1 fully saturated rings. The van der Waals surface area contributed by atoms with E-state index in [1.54, 1.807) is 6.20 Å². The van der Waals surface area contributed by atoms with Gasteiger partial charge in [-0.1, -0.05) is 12.8 Å². The first-order valence-corrected chi connectivity index (χ1v) is 6.50. The van der Waals surface area contributed by atoms with E-state index in [1.165, 1.54) is 31.7 Å². The number of aromatic nitrogens is 1. The molecule has 1 aromatic heterocycles. The Balaban J connectivity index is 2.06. The SMILES string of the molecule is O=[N+]([O-])c1cc(Br)cnc1NCC1CCCC1. The average Bonchev–Trinajstić information content (AvgIpc) is 2.80. The second-order valence-electron chi connectivity index (χ2n) is 4.31. The first-order chi connectivity index (χ1) is 8.16. The van der Waals surface area contributed by atoms with Crippen LogP contribution in [0.25, 0.3) is 0 Å². The molecular weight excluding hydrogens is 286 g/mol. The van der Waals surface area contributed by atoms with Crippen molar-refractivity contribution in [2.75, 3.05) is 11.9 Å². The van der Waals surface area contributed by atoms with Crippen molar-refractivity contribution in [1.29, 1.82) is 0 Å². The van der Waals surface area contributed by atoms with Gasteiger partial charge in [0.15, 0.2) is 0 Å². The lowest BCUT2D eigenvalue weighted by Crippen LogP contribution is -2.13. The molecule has 0 unspecified atom stereocenters. The van der Waals surface area contributed by atoms with Gasteiger partial charge in [-0.25, -0.2) is 4.98 Å². The van der Waals surface area contributed by atoms with Crippen LogP contribution in [0.4, 0.5) is 11.5 Å². The topological polar surface area (TPSA) is 68.1 Å². The molecule has 2 rings (SSSR count). The molecule has 1 aliphatic carbocycles. The molecule has 0 saturated heterocycles. The lowest BCUT2D eigenvalue weighted by Gasteiger charge is -2.11. The van der Waals surface area contributed by atoms with E-state index < -0.39 is 4.92 Å². The largest absolute Gasteiger partial charge is 0.364 e. The molecule has 0 aromatic carbocycles. The fourth-order valence-corrected chi connectivity index (χ4v) is 2.48. The molecule has 5 nitrogen and oxygen atoms in total. The number of nitro groups is 1. The predicted molar refractivity (Wildman–Crippen MR) is 69.0 cm³/mol. The van der Waals surface area contributed by atoms with Gasteiger partial charge in [0.2, 0.25) is 5.82 Å². The minimum Gasteiger partial charge on any atom is -0.364 e. The molecule has 6 heteroatoms. The van der Waals surface area contributed by atoms with Gasteiger partial charge in [-0.15, -0.1) is 0 Å². The highest BCUT2D eigenvalue weighted by atomic mass is 79.9. The van der Waals surface area contributed by atoms with Crippen molar-refractivity contribution in [3.8, 4) is 0 Å². The molecule has 0 aliphatic heterocycles. The van der Waals surface area contributed by atoms with Gasteiger partial charge in [0.05, 0.1) is 4.92 Å². The van der Waals surface area contributed by atoms with Crippen LogP contribution >= 0.6 is 15.9 Å². The zero-order chi connectivity index (χ0) is 12.3. The Kier molecular flexibility index (Phi) is 3.93. The summed E-state index contributed by atoms with van der Waals surface area (Å²) >= 11 is 3.19. The first-order valence-electron chi connectivity index (χ1n) is 5.70. The fourth-order valence-electron chi connectivity index (χ4n) is 2.16. The Morgan fingerprint density at radius 1 is 1.53 bits per heavy atom. The molecule has 0 atom stereocenters. The van der Waals surface area contributed by atoms with Crippen LogP contribution in [0.5, 0.6) is 0 Å². The maximum absolute atomic E-state index is 10.9. The maximum Gasteiger partial charge on any atom is 0.312 e. The zero-order valence-corrected chi connectivity index (χ0v) is 10.9. The summed E-state index contributed by atoms with van der Waals surface area (Å²) in [5, 5.41) is 14.0. The van der Waals surface area contributed by atoms with Gasteiger partial charge in [0.25, 0.3) is 0 Å². The molecule has 1 aromatic rings. The third kappa shape index (κ3) is 3.15. The molecule has 1 heterocycles. The van der Waals surface area contributed by atoms with Crippen molar-refractivity contribution in [1.82, 2.24) is 4.98 Å². The lowest BCUT2D eigenvalue weighted by molar-refractivity contribution is -0.384. The number of anilines is 1. The van der Waals surface area contributed by atoms with Crippen LogP contribution in [0.3, 0.4) is 0 Å². The highest BCUT2D eigenvalue weighted by Crippen LogP contribution is 2.28. The maximum atomic E-state index is 10.9. The fraction of sp³-hybridized carbons (Fsp3) is 0.545. The molecule has 0 radical (unpaired) electrons. The van der Waals surface area contributed by atoms with E-state index in [-0.39, 0.29) is 5.69 Å². The van der Waals surface area contributed by atoms with Crippen molar-refractivity contribution in [2.24, 2.45) is 5.92 Å². The van der Waals surface area contributed by atoms with Crippen LogP contribution in [-0.4, -0.2) is 16.5 Å². The van der Waals surface area contributed by atoms with E-state index in [1.807, 2.05) is 0 Å². The van der Waals surface area contributed by atoms with Crippen LogP contribution < -0.4 is 5.32 Å². The van der Waals surface area contributed by atoms with Gasteiger partial charge < -0.3 is 5.32 Å². The highest BCUT2D eigenvalue weighted by Gasteiger charge is 2.19. The minimum atomic E-state index is -0.408. The summed E-state index contributed by atoms with van der Waals surface area (Å²) in [6.45, 7) is 0.773. The van der Waals surface area contributed by atoms with E-state index in [2.05, 4.69) is 26.2 Å². The third-order valence-electron chi connectivity index (χ3n) is 3.06. The standard InChI is InChI=1S/C11H14BrN3O2/c12-9-5-10(15(16)17)11(14-7-9)13-6-8-3-1-2-4-8/h5,7-8H,1-4,6H2,(H,13,14). The van der Waals surface area contributed by atoms with Gasteiger partial charge in [-0.2, -0.15) is 0 Å². The van der Waals surface area contributed by atoms with Gasteiger partial charge in [0.1, 0.15) is 0 Å². The van der Waals surface area contributed by atoms with Crippen molar-refractivity contribution in [2.45, 2.75) is 25.7 Å². The Bertz CT molecular complexity index is 419. The van der Waals surface area contributed by atoms with E-state index in [9.17, 15) is 10.1 Å². The number of rotatable bonds is 4. The summed E-state index contributed by atoms with van der Waals surface area (Å²) in [7, 11) is 0. The van der Waals surface area contributed by atoms with Crippen LogP contribution in [0, 0.1) is 16.0 Å². The lowest BCUT2D eigenvalue weighted by atomic mass is 10.1. The van der Waals surface area contributed by atoms with Crippen molar-refractivity contribution in [3.05, 3.63) is 26.9 Å². The van der Waals surface area contributed by atoms with E-state index in [4.69, 9.17) is 0 Å². The molecule has 0 amide bonds. The minimum absolute atomic E-state index is 0.0253. The van der Waals surface area contributed by atoms with Gasteiger partial charge in [-0.05, 0) is 34.7 Å². The van der Waals surface area contributed by atoms with E-state index in [0.29, 0.717) is 16.2 Å². The number of halogens is 1. The summed E-state index contributed by atoms with van der Waals surface area (Å²) in [5.74, 6) is 0.991. The predicted octanol–water partition coefficient (Wildman–Crippen LogP) is 3.35. The van der Waals surface area contributed by atoms with Crippen LogP contribution in [0.1, 0.15) is 25.7 Å². The second-order valence-corrected chi connectivity index (χ2v) is 5.23. The van der Waals surface area contributed by atoms with Gasteiger partial charge >= 0.3 is 5.69 Å². The van der Waals surface area contributed by atoms with Crippen LogP contribution in [0.15, 0.2) is 16.7 Å². The Morgan fingerprint density at radius 3 is 2.88 bits per heavy atom. The summed E-state index contributed by atoms with van der Waals surface area (Å²) in [6, 6.07) is 1.48. The summed E-state index contributed by atoms with van der Waals surface area (Å²) in [5.41, 5.74) is 0.0253. The monoisotopic (exact) mass is 299 g/mol. The first kappa shape index (κ1) is 12.3. The summed E-state index contributed by atoms with van der Waals surface area (Å²) in [4.78, 5) is 14.5. The quantitative estimate of drug-likeness (QED) is 0.684. The molecule has 1 saturated carbocycles. The van der Waals surface area contributed by atoms with Crippen molar-refractivity contribution < 1.29 is 4.92 Å². The van der Waals surface area contributed by atoms with Gasteiger partial charge in [-0.3, -0.25) is 10.1 Å². The van der Waals surface area contributed by atoms with Crippen LogP contribution in [0.2, 0.25) is 0 Å². The van der Waals surface area contributed by atoms with E-state index in [0.717, 1.165) is 6.54 Å². The molecular formula is C11H14BrN3O2. The third-order valence-corrected chi connectivity index (χ3v) is 3.50. The molecule has 17 heavy (non-hydrogen) atoms. The Hall–Kier alpha value is -1.17. The number of nitrogens with zero attached hydrogens (tertiary/aromatic N) is 2. The molecule has 0 spiro atoms. The molecule has 1 N–H and O–H groups in total. The number of pyridine rings is 1. The average molecular weight is 300 g/mol. The van der Waals surface area contributed by atoms with Crippen molar-refractivity contribution >= 4 is 27.4 Å². The van der Waals surface area contributed by atoms with Crippen LogP contribution in [-0.2, 0) is 0 Å². The molecule has 92 valence electrons. The zero-order valence-electron chi connectivity index (χ0n) is 9.36. The number of nitrogens with one attached hydrogen (secondary N) is 1. The number of hydrogen-bond donors (Lipinski definition) is 1. The Labute approximate surface area is 108 Å². The second kappa shape index (κ2) is 5.44. The molecule has 0 bridgehead atoms. The number of hydrogen-bond acceptors (Lipinski definition) is 4. The summed E-state index contributed by atoms with van der Waals surface area (Å²) in [6.07, 6.45) is 6.52. The normalized spacial score (nSPS) is 16.1. The summed E-state index contributed by atoms with van der Waals surface area (Å²) < 4.78 is 0.621. The van der Waals surface area contributed by atoms with E-state index >= 15 is 0 Å². The smallest absolute Gasteiger partial charge is 0.312 e. The Morgan fingerprint density at radius 2 is 2.24 bits per heavy atom.